The van der Waals surface area contributed by atoms with E-state index in [1.54, 1.807) is 41.3 Å². The van der Waals surface area contributed by atoms with Crippen LogP contribution in [-0.2, 0) is 24.4 Å². The average molecular weight is 476 g/mol. The van der Waals surface area contributed by atoms with E-state index in [0.717, 1.165) is 5.56 Å². The molecule has 0 aliphatic heterocycles. The molecule has 6 heteroatoms. The molecule has 1 amide bonds. The first-order valence-corrected chi connectivity index (χ1v) is 11.5. The summed E-state index contributed by atoms with van der Waals surface area (Å²) in [5.41, 5.74) is 3.35. The van der Waals surface area contributed by atoms with E-state index < -0.39 is 0 Å². The summed E-state index contributed by atoms with van der Waals surface area (Å²) in [5.74, 6) is -0.543. The topological polar surface area (TPSA) is 66.1 Å². The van der Waals surface area contributed by atoms with Crippen molar-refractivity contribution < 1.29 is 9.18 Å². The van der Waals surface area contributed by atoms with Gasteiger partial charge in [0.15, 0.2) is 5.43 Å². The third-order valence-corrected chi connectivity index (χ3v) is 6.24. The van der Waals surface area contributed by atoms with Crippen LogP contribution in [0.25, 0.3) is 21.8 Å². The summed E-state index contributed by atoms with van der Waals surface area (Å²) in [7, 11) is 0. The van der Waals surface area contributed by atoms with Crippen LogP contribution in [0.15, 0.2) is 102 Å². The van der Waals surface area contributed by atoms with Crippen molar-refractivity contribution in [2.75, 3.05) is 0 Å². The van der Waals surface area contributed by atoms with Crippen molar-refractivity contribution in [1.82, 2.24) is 9.47 Å². The highest BCUT2D eigenvalue weighted by molar-refractivity contribution is 5.94. The number of aromatic nitrogens is 1. The second-order valence-electron chi connectivity index (χ2n) is 8.64. The van der Waals surface area contributed by atoms with Crippen LogP contribution in [-0.4, -0.2) is 15.4 Å². The number of hydrogen-bond donors (Lipinski definition) is 0. The summed E-state index contributed by atoms with van der Waals surface area (Å²) in [6.45, 7) is 0.511. The van der Waals surface area contributed by atoms with Crippen LogP contribution in [0.2, 0.25) is 0 Å². The number of pyridine rings is 1. The maximum atomic E-state index is 13.9. The minimum Gasteiger partial charge on any atom is -0.332 e. The lowest BCUT2D eigenvalue weighted by Gasteiger charge is -2.25. The van der Waals surface area contributed by atoms with Gasteiger partial charge in [0.1, 0.15) is 12.4 Å². The Morgan fingerprint density at radius 1 is 0.806 bits per heavy atom. The molecular formula is C30H22FN3O2. The van der Waals surface area contributed by atoms with Gasteiger partial charge in [-0.15, -0.1) is 0 Å². The monoisotopic (exact) mass is 475 g/mol. The van der Waals surface area contributed by atoms with Crippen LogP contribution in [0.1, 0.15) is 16.7 Å². The average Bonchev–Trinajstić information content (AvgIpc) is 2.91. The Bertz CT molecular complexity index is 1620. The van der Waals surface area contributed by atoms with Gasteiger partial charge >= 0.3 is 0 Å². The van der Waals surface area contributed by atoms with Crippen LogP contribution in [0.4, 0.5) is 4.39 Å². The van der Waals surface area contributed by atoms with Gasteiger partial charge in [0.05, 0.1) is 22.7 Å². The fourth-order valence-corrected chi connectivity index (χ4v) is 4.48. The van der Waals surface area contributed by atoms with Crippen molar-refractivity contribution in [2.45, 2.75) is 19.6 Å². The first-order chi connectivity index (χ1) is 17.5. The highest BCUT2D eigenvalue weighted by Gasteiger charge is 2.19. The summed E-state index contributed by atoms with van der Waals surface area (Å²) >= 11 is 0. The van der Waals surface area contributed by atoms with Gasteiger partial charge in [0.25, 0.3) is 0 Å². The number of amides is 1. The molecule has 5 rings (SSSR count). The molecule has 176 valence electrons. The molecule has 4 aromatic carbocycles. The molecule has 0 saturated carbocycles. The third-order valence-electron chi connectivity index (χ3n) is 6.24. The quantitative estimate of drug-likeness (QED) is 0.309. The zero-order chi connectivity index (χ0) is 25.1. The van der Waals surface area contributed by atoms with E-state index >= 15 is 0 Å². The number of rotatable bonds is 6. The van der Waals surface area contributed by atoms with Crippen molar-refractivity contribution >= 4 is 27.7 Å². The minimum atomic E-state index is -0.365. The molecule has 0 fully saturated rings. The molecule has 0 aliphatic carbocycles. The summed E-state index contributed by atoms with van der Waals surface area (Å²) in [4.78, 5) is 28.5. The zero-order valence-electron chi connectivity index (χ0n) is 19.4. The van der Waals surface area contributed by atoms with Gasteiger partial charge in [-0.05, 0) is 59.7 Å². The van der Waals surface area contributed by atoms with Crippen LogP contribution in [0.3, 0.4) is 0 Å². The molecule has 0 atom stereocenters. The van der Waals surface area contributed by atoms with Crippen LogP contribution in [0, 0.1) is 17.1 Å². The number of benzene rings is 4. The molecule has 0 bridgehead atoms. The highest BCUT2D eigenvalue weighted by atomic mass is 19.1. The third kappa shape index (κ3) is 4.59. The molecule has 0 unspecified atom stereocenters. The number of nitriles is 1. The van der Waals surface area contributed by atoms with E-state index in [9.17, 15) is 14.0 Å². The van der Waals surface area contributed by atoms with Crippen molar-refractivity contribution in [3.63, 3.8) is 0 Å². The number of carbonyl (C=O) groups excluding carboxylic acids is 1. The standard InChI is InChI=1S/C30H22FN3O2/c31-24-7-5-6-23(16-24)19-33(18-22-14-12-21(17-32)13-15-22)29(35)20-34-27-10-3-1-8-25(27)30(36)26-9-2-4-11-28(26)34/h1-16H,18-20H2. The number of nitrogens with zero attached hydrogens (tertiary/aromatic N) is 3. The van der Waals surface area contributed by atoms with Crippen molar-refractivity contribution in [1.29, 1.82) is 5.26 Å². The Labute approximate surface area is 207 Å². The lowest BCUT2D eigenvalue weighted by atomic mass is 10.1. The number of halogens is 1. The lowest BCUT2D eigenvalue weighted by molar-refractivity contribution is -0.133. The Morgan fingerprint density at radius 2 is 1.42 bits per heavy atom. The van der Waals surface area contributed by atoms with Gasteiger partial charge in [0.2, 0.25) is 5.91 Å². The fraction of sp³-hybridized carbons (Fsp3) is 0.100. The molecule has 0 saturated heterocycles. The highest BCUT2D eigenvalue weighted by Crippen LogP contribution is 2.20. The minimum absolute atomic E-state index is 0.00685. The van der Waals surface area contributed by atoms with E-state index in [4.69, 9.17) is 5.26 Å². The van der Waals surface area contributed by atoms with Gasteiger partial charge in [-0.3, -0.25) is 9.59 Å². The first kappa shape index (κ1) is 23.0. The lowest BCUT2D eigenvalue weighted by Crippen LogP contribution is -2.33. The fourth-order valence-electron chi connectivity index (χ4n) is 4.48. The SMILES string of the molecule is N#Cc1ccc(CN(Cc2cccc(F)c2)C(=O)Cn2c3ccccc3c(=O)c3ccccc32)cc1. The van der Waals surface area contributed by atoms with Gasteiger partial charge in [-0.25, -0.2) is 4.39 Å². The molecule has 5 nitrogen and oxygen atoms in total. The smallest absolute Gasteiger partial charge is 0.243 e. The molecule has 0 N–H and O–H groups in total. The predicted molar refractivity (Wildman–Crippen MR) is 138 cm³/mol. The van der Waals surface area contributed by atoms with E-state index in [1.807, 2.05) is 53.1 Å². The summed E-state index contributed by atoms with van der Waals surface area (Å²) < 4.78 is 15.8. The predicted octanol–water partition coefficient (Wildman–Crippen LogP) is 5.39. The zero-order valence-corrected chi connectivity index (χ0v) is 19.4. The van der Waals surface area contributed by atoms with Gasteiger partial charge in [-0.2, -0.15) is 5.26 Å². The number of para-hydroxylation sites is 2. The van der Waals surface area contributed by atoms with E-state index in [1.165, 1.54) is 12.1 Å². The Balaban J connectivity index is 1.55. The molecular weight excluding hydrogens is 453 g/mol. The van der Waals surface area contributed by atoms with Crippen LogP contribution < -0.4 is 5.43 Å². The van der Waals surface area contributed by atoms with Gasteiger partial charge < -0.3 is 9.47 Å². The molecule has 5 aromatic rings. The summed E-state index contributed by atoms with van der Waals surface area (Å²) in [5, 5.41) is 10.2. The Hall–Kier alpha value is -4.76. The second kappa shape index (κ2) is 9.85. The van der Waals surface area contributed by atoms with Crippen LogP contribution in [0.5, 0.6) is 0 Å². The molecule has 1 heterocycles. The Kier molecular flexibility index (Phi) is 6.29. The summed E-state index contributed by atoms with van der Waals surface area (Å²) in [6, 6.07) is 29.9. The van der Waals surface area contributed by atoms with Crippen molar-refractivity contribution in [3.05, 3.63) is 130 Å². The largest absolute Gasteiger partial charge is 0.332 e. The van der Waals surface area contributed by atoms with E-state index in [-0.39, 0.29) is 36.8 Å². The van der Waals surface area contributed by atoms with E-state index in [2.05, 4.69) is 6.07 Å². The maximum absolute atomic E-state index is 13.9. The van der Waals surface area contributed by atoms with Crippen LogP contribution >= 0.6 is 0 Å². The normalized spacial score (nSPS) is 10.9. The van der Waals surface area contributed by atoms with Crippen molar-refractivity contribution in [3.8, 4) is 6.07 Å². The second-order valence-corrected chi connectivity index (χ2v) is 8.64. The summed E-state index contributed by atoms with van der Waals surface area (Å²) in [6.07, 6.45) is 0. The van der Waals surface area contributed by atoms with E-state index in [0.29, 0.717) is 32.9 Å². The maximum Gasteiger partial charge on any atom is 0.243 e. The molecule has 36 heavy (non-hydrogen) atoms. The first-order valence-electron chi connectivity index (χ1n) is 11.5. The Morgan fingerprint density at radius 3 is 2.03 bits per heavy atom. The molecule has 1 aromatic heterocycles. The van der Waals surface area contributed by atoms with Gasteiger partial charge in [-0.1, -0.05) is 48.5 Å². The number of fused-ring (bicyclic) bond motifs is 2. The number of carbonyl (C=O) groups is 1. The molecule has 0 spiro atoms. The van der Waals surface area contributed by atoms with Crippen molar-refractivity contribution in [2.24, 2.45) is 0 Å². The number of hydrogen-bond acceptors (Lipinski definition) is 3. The molecule has 0 aliphatic rings. The van der Waals surface area contributed by atoms with Gasteiger partial charge in [0, 0.05) is 23.9 Å². The molecule has 0 radical (unpaired) electrons.